The van der Waals surface area contributed by atoms with Crippen LogP contribution in [0.3, 0.4) is 0 Å². The number of para-hydroxylation sites is 1. The van der Waals surface area contributed by atoms with Gasteiger partial charge >= 0.3 is 0 Å². The molecular weight excluding hydrogens is 392 g/mol. The van der Waals surface area contributed by atoms with E-state index in [2.05, 4.69) is 16.0 Å². The number of H-pyrrole nitrogens is 1. The minimum Gasteiger partial charge on any atom is -0.496 e. The zero-order valence-electron chi connectivity index (χ0n) is 18.7. The number of rotatable bonds is 6. The average Bonchev–Trinajstić information content (AvgIpc) is 3.29. The van der Waals surface area contributed by atoms with Crippen LogP contribution in [0.4, 0.5) is 0 Å². The molecule has 0 radical (unpaired) electrons. The predicted molar refractivity (Wildman–Crippen MR) is 119 cm³/mol. The molecule has 1 aromatic heterocycles. The number of aromatic nitrogens is 2. The van der Waals surface area contributed by atoms with Crippen LogP contribution in [0.2, 0.25) is 0 Å². The second-order valence-electron chi connectivity index (χ2n) is 8.73. The van der Waals surface area contributed by atoms with Crippen LogP contribution in [0.1, 0.15) is 55.3 Å². The number of hydrogen-bond donors (Lipinski definition) is 1. The molecule has 7 nitrogen and oxygen atoms in total. The lowest BCUT2D eigenvalue weighted by Gasteiger charge is -2.28. The van der Waals surface area contributed by atoms with E-state index in [0.29, 0.717) is 13.1 Å². The summed E-state index contributed by atoms with van der Waals surface area (Å²) in [5, 5.41) is 0. The lowest BCUT2D eigenvalue weighted by atomic mass is 10.0. The van der Waals surface area contributed by atoms with E-state index in [4.69, 9.17) is 9.72 Å². The summed E-state index contributed by atoms with van der Waals surface area (Å²) in [6.07, 6.45) is 2.45. The Hall–Kier alpha value is -2.67. The van der Waals surface area contributed by atoms with E-state index in [9.17, 15) is 9.59 Å². The lowest BCUT2D eigenvalue weighted by Crippen LogP contribution is -2.36. The summed E-state index contributed by atoms with van der Waals surface area (Å²) < 4.78 is 5.47. The fourth-order valence-corrected chi connectivity index (χ4v) is 4.57. The highest BCUT2D eigenvalue weighted by Crippen LogP contribution is 2.27. The van der Waals surface area contributed by atoms with Crippen molar-refractivity contribution >= 4 is 5.91 Å². The van der Waals surface area contributed by atoms with Gasteiger partial charge in [0.2, 0.25) is 5.91 Å². The number of benzene rings is 1. The first-order chi connectivity index (χ1) is 15.0. The van der Waals surface area contributed by atoms with Crippen molar-refractivity contribution < 1.29 is 9.53 Å². The second kappa shape index (κ2) is 9.22. The molecule has 166 valence electrons. The number of nitrogens with one attached hydrogen (secondary N) is 1. The topological polar surface area (TPSA) is 78.5 Å². The van der Waals surface area contributed by atoms with Crippen molar-refractivity contribution in [3.05, 3.63) is 57.3 Å². The first-order valence-electron chi connectivity index (χ1n) is 11.2. The van der Waals surface area contributed by atoms with Crippen molar-refractivity contribution in [1.82, 2.24) is 19.8 Å². The van der Waals surface area contributed by atoms with E-state index in [1.165, 1.54) is 0 Å². The molecule has 4 rings (SSSR count). The van der Waals surface area contributed by atoms with Crippen molar-refractivity contribution in [3.8, 4) is 5.75 Å². The highest BCUT2D eigenvalue weighted by atomic mass is 16.5. The van der Waals surface area contributed by atoms with E-state index in [0.717, 1.165) is 67.3 Å². The van der Waals surface area contributed by atoms with Crippen LogP contribution in [-0.4, -0.2) is 52.4 Å². The number of likely N-dealkylation sites (tertiary alicyclic amines) is 1. The molecule has 0 aliphatic carbocycles. The molecule has 0 spiro atoms. The van der Waals surface area contributed by atoms with Crippen LogP contribution in [0, 0.1) is 5.92 Å². The Morgan fingerprint density at radius 3 is 2.90 bits per heavy atom. The molecule has 1 saturated heterocycles. The van der Waals surface area contributed by atoms with E-state index in [1.807, 2.05) is 36.9 Å². The number of nitrogens with zero attached hydrogens (tertiary/aromatic N) is 3. The minimum atomic E-state index is -0.0450. The maximum absolute atomic E-state index is 12.9. The number of carbonyl (C=O) groups excluding carboxylic acids is 1. The Balaban J connectivity index is 1.47. The highest BCUT2D eigenvalue weighted by Gasteiger charge is 2.32. The van der Waals surface area contributed by atoms with Gasteiger partial charge in [-0.3, -0.25) is 14.5 Å². The predicted octanol–water partition coefficient (Wildman–Crippen LogP) is 2.70. The van der Waals surface area contributed by atoms with Crippen LogP contribution >= 0.6 is 0 Å². The molecule has 2 atom stereocenters. The fraction of sp³-hybridized carbons (Fsp3) is 0.542. The smallest absolute Gasteiger partial charge is 0.255 e. The van der Waals surface area contributed by atoms with Crippen molar-refractivity contribution in [1.29, 1.82) is 0 Å². The van der Waals surface area contributed by atoms with Gasteiger partial charge in [0, 0.05) is 56.5 Å². The second-order valence-corrected chi connectivity index (χ2v) is 8.73. The standard InChI is InChI=1S/C24H32N4O3/c1-4-16(2)24(30)28-12-9-18(14-28)22-25-20-10-11-27(15-19(20)23(29)26-22)13-17-7-5-6-8-21(17)31-3/h5-8,16,18H,4,9-15H2,1-3H3,(H,25,26,29)/t16-,18-/m0/s1. The van der Waals surface area contributed by atoms with Crippen LogP contribution in [0.15, 0.2) is 29.1 Å². The largest absolute Gasteiger partial charge is 0.496 e. The quantitative estimate of drug-likeness (QED) is 0.771. The zero-order valence-corrected chi connectivity index (χ0v) is 18.7. The Morgan fingerprint density at radius 1 is 1.32 bits per heavy atom. The number of hydrogen-bond acceptors (Lipinski definition) is 5. The Morgan fingerprint density at radius 2 is 2.13 bits per heavy atom. The summed E-state index contributed by atoms with van der Waals surface area (Å²) in [7, 11) is 1.68. The van der Waals surface area contributed by atoms with E-state index >= 15 is 0 Å². The number of methoxy groups -OCH3 is 1. The summed E-state index contributed by atoms with van der Waals surface area (Å²) in [5.74, 6) is 1.97. The van der Waals surface area contributed by atoms with Gasteiger partial charge in [0.25, 0.3) is 5.56 Å². The summed E-state index contributed by atoms with van der Waals surface area (Å²) >= 11 is 0. The number of carbonyl (C=O) groups is 1. The van der Waals surface area contributed by atoms with Gasteiger partial charge in [-0.2, -0.15) is 0 Å². The van der Waals surface area contributed by atoms with Crippen molar-refractivity contribution in [2.24, 2.45) is 5.92 Å². The Kier molecular flexibility index (Phi) is 6.41. The van der Waals surface area contributed by atoms with Gasteiger partial charge in [0.15, 0.2) is 0 Å². The molecular formula is C24H32N4O3. The van der Waals surface area contributed by atoms with E-state index < -0.39 is 0 Å². The molecule has 2 aliphatic heterocycles. The number of ether oxygens (including phenoxy) is 1. The van der Waals surface area contributed by atoms with Crippen LogP contribution in [-0.2, 0) is 24.3 Å². The molecule has 0 bridgehead atoms. The van der Waals surface area contributed by atoms with Gasteiger partial charge in [-0.05, 0) is 18.9 Å². The average molecular weight is 425 g/mol. The summed E-state index contributed by atoms with van der Waals surface area (Å²) in [6, 6.07) is 8.00. The molecule has 31 heavy (non-hydrogen) atoms. The molecule has 2 aliphatic rings. The van der Waals surface area contributed by atoms with Gasteiger partial charge < -0.3 is 14.6 Å². The molecule has 1 N–H and O–H groups in total. The molecule has 3 heterocycles. The Labute approximate surface area is 183 Å². The third-order valence-corrected chi connectivity index (χ3v) is 6.67. The van der Waals surface area contributed by atoms with E-state index in [-0.39, 0.29) is 23.3 Å². The third kappa shape index (κ3) is 4.51. The molecule has 2 aromatic rings. The molecule has 0 saturated carbocycles. The molecule has 1 aromatic carbocycles. The van der Waals surface area contributed by atoms with Crippen molar-refractivity contribution in [2.45, 2.75) is 52.1 Å². The minimum absolute atomic E-state index is 0.0449. The highest BCUT2D eigenvalue weighted by molar-refractivity contribution is 5.78. The SMILES string of the molecule is CC[C@H](C)C(=O)N1CC[C@H](c2nc3c(c(=O)[nH]2)CN(Cc2ccccc2OC)CC3)C1. The molecule has 0 unspecified atom stereocenters. The summed E-state index contributed by atoms with van der Waals surface area (Å²) in [4.78, 5) is 37.5. The molecule has 7 heteroatoms. The van der Waals surface area contributed by atoms with Crippen LogP contribution < -0.4 is 10.3 Å². The van der Waals surface area contributed by atoms with Gasteiger partial charge in [-0.25, -0.2) is 4.98 Å². The fourth-order valence-electron chi connectivity index (χ4n) is 4.57. The lowest BCUT2D eigenvalue weighted by molar-refractivity contribution is -0.134. The molecule has 1 fully saturated rings. The first-order valence-corrected chi connectivity index (χ1v) is 11.2. The zero-order chi connectivity index (χ0) is 22.0. The normalized spacial score (nSPS) is 19.8. The maximum Gasteiger partial charge on any atom is 0.255 e. The van der Waals surface area contributed by atoms with E-state index in [1.54, 1.807) is 7.11 Å². The summed E-state index contributed by atoms with van der Waals surface area (Å²) in [6.45, 7) is 7.57. The van der Waals surface area contributed by atoms with Gasteiger partial charge in [-0.1, -0.05) is 32.0 Å². The van der Waals surface area contributed by atoms with Gasteiger partial charge in [0.1, 0.15) is 11.6 Å². The van der Waals surface area contributed by atoms with Crippen LogP contribution in [0.5, 0.6) is 5.75 Å². The molecule has 1 amide bonds. The number of amides is 1. The summed E-state index contributed by atoms with van der Waals surface area (Å²) in [5.41, 5.74) is 2.74. The third-order valence-electron chi connectivity index (χ3n) is 6.67. The number of aromatic amines is 1. The van der Waals surface area contributed by atoms with Gasteiger partial charge in [0.05, 0.1) is 18.4 Å². The van der Waals surface area contributed by atoms with Crippen molar-refractivity contribution in [2.75, 3.05) is 26.7 Å². The van der Waals surface area contributed by atoms with Crippen LogP contribution in [0.25, 0.3) is 0 Å². The number of fused-ring (bicyclic) bond motifs is 1. The van der Waals surface area contributed by atoms with Gasteiger partial charge in [-0.15, -0.1) is 0 Å². The Bertz CT molecular complexity index is 1000. The maximum atomic E-state index is 12.9. The monoisotopic (exact) mass is 424 g/mol. The van der Waals surface area contributed by atoms with Crippen molar-refractivity contribution in [3.63, 3.8) is 0 Å². The first kappa shape index (κ1) is 21.6.